The maximum absolute atomic E-state index is 15.5. The Balaban J connectivity index is 1.48. The van der Waals surface area contributed by atoms with Crippen LogP contribution in [0.25, 0.3) is 32.1 Å². The second-order valence-corrected chi connectivity index (χ2v) is 9.96. The Labute approximate surface area is 217 Å². The smallest absolute Gasteiger partial charge is 0.318 e. The third kappa shape index (κ3) is 5.40. The van der Waals surface area contributed by atoms with Crippen LogP contribution in [0, 0.1) is 5.82 Å². The van der Waals surface area contributed by atoms with E-state index in [1.807, 2.05) is 29.6 Å². The van der Waals surface area contributed by atoms with Crippen LogP contribution in [0.5, 0.6) is 6.01 Å². The van der Waals surface area contributed by atoms with Crippen LogP contribution in [0.2, 0.25) is 0 Å². The summed E-state index contributed by atoms with van der Waals surface area (Å²) in [4.78, 5) is 22.8. The van der Waals surface area contributed by atoms with Crippen molar-refractivity contribution in [2.24, 2.45) is 0 Å². The first-order valence-electron chi connectivity index (χ1n) is 12.1. The van der Waals surface area contributed by atoms with Crippen molar-refractivity contribution in [1.82, 2.24) is 20.2 Å². The molecule has 3 heterocycles. The van der Waals surface area contributed by atoms with E-state index in [1.54, 1.807) is 17.4 Å². The highest BCUT2D eigenvalue weighted by atomic mass is 32.1. The highest BCUT2D eigenvalue weighted by Gasteiger charge is 2.22. The van der Waals surface area contributed by atoms with E-state index in [2.05, 4.69) is 39.1 Å². The third-order valence-electron chi connectivity index (χ3n) is 6.58. The van der Waals surface area contributed by atoms with Crippen LogP contribution in [0.15, 0.2) is 54.2 Å². The second kappa shape index (κ2) is 10.8. The highest BCUT2D eigenvalue weighted by molar-refractivity contribution is 7.17. The van der Waals surface area contributed by atoms with Gasteiger partial charge < -0.3 is 20.3 Å². The van der Waals surface area contributed by atoms with Gasteiger partial charge in [0.25, 0.3) is 5.91 Å². The molecule has 4 aromatic rings. The topological polar surface area (TPSA) is 79.4 Å². The van der Waals surface area contributed by atoms with E-state index in [1.165, 1.54) is 6.07 Å². The molecular weight excluding hydrogens is 496 g/mol. The summed E-state index contributed by atoms with van der Waals surface area (Å²) in [6.07, 6.45) is 2.15. The van der Waals surface area contributed by atoms with E-state index in [9.17, 15) is 9.18 Å². The van der Waals surface area contributed by atoms with Crippen LogP contribution in [0.3, 0.4) is 0 Å². The summed E-state index contributed by atoms with van der Waals surface area (Å²) in [5.74, 6) is -1.97. The third-order valence-corrected chi connectivity index (χ3v) is 7.46. The maximum Gasteiger partial charge on any atom is 0.318 e. The zero-order valence-corrected chi connectivity index (χ0v) is 21.2. The summed E-state index contributed by atoms with van der Waals surface area (Å²) in [7, 11) is 2.07. The van der Waals surface area contributed by atoms with Gasteiger partial charge in [0.2, 0.25) is 0 Å². The molecular formula is C27H27F2N5O2S. The molecule has 7 nitrogen and oxygen atoms in total. The van der Waals surface area contributed by atoms with Gasteiger partial charge in [-0.15, -0.1) is 11.3 Å². The molecule has 5 rings (SSSR count). The molecule has 1 amide bonds. The summed E-state index contributed by atoms with van der Waals surface area (Å²) in [6, 6.07) is 11.4. The van der Waals surface area contributed by atoms with Crippen molar-refractivity contribution < 1.29 is 18.3 Å². The lowest BCUT2D eigenvalue weighted by Crippen LogP contribution is -2.31. The minimum Gasteiger partial charge on any atom is -0.462 e. The van der Waals surface area contributed by atoms with Crippen molar-refractivity contribution in [3.05, 3.63) is 60.0 Å². The van der Waals surface area contributed by atoms with Crippen molar-refractivity contribution >= 4 is 44.1 Å². The van der Waals surface area contributed by atoms with E-state index in [-0.39, 0.29) is 25.1 Å². The number of amides is 1. The van der Waals surface area contributed by atoms with Crippen LogP contribution < -0.4 is 15.4 Å². The predicted octanol–water partition coefficient (Wildman–Crippen LogP) is 5.13. The Morgan fingerprint density at radius 3 is 2.86 bits per heavy atom. The lowest BCUT2D eigenvalue weighted by atomic mass is 10.00. The number of likely N-dealkylation sites (tertiary alicyclic amines) is 1. The number of fused-ring (bicyclic) bond motifs is 2. The monoisotopic (exact) mass is 523 g/mol. The largest absolute Gasteiger partial charge is 0.462 e. The first-order chi connectivity index (χ1) is 17.9. The summed E-state index contributed by atoms with van der Waals surface area (Å²) in [5.41, 5.74) is 1.75. The minimum atomic E-state index is -1.06. The van der Waals surface area contributed by atoms with Crippen LogP contribution in [0.4, 0.5) is 14.6 Å². The van der Waals surface area contributed by atoms with Crippen molar-refractivity contribution in [3.63, 3.8) is 0 Å². The molecule has 37 heavy (non-hydrogen) atoms. The molecule has 0 aliphatic carbocycles. The van der Waals surface area contributed by atoms with Crippen LogP contribution >= 0.6 is 11.3 Å². The van der Waals surface area contributed by atoms with Gasteiger partial charge in [0.05, 0.1) is 5.52 Å². The Morgan fingerprint density at radius 2 is 2.08 bits per heavy atom. The molecule has 0 saturated carbocycles. The molecule has 1 fully saturated rings. The number of nitrogens with one attached hydrogen (secondary N) is 2. The molecule has 2 N–H and O–H groups in total. The Hall–Kier alpha value is -3.63. The molecule has 1 aliphatic heterocycles. The minimum absolute atomic E-state index is 0.122. The van der Waals surface area contributed by atoms with Gasteiger partial charge in [-0.3, -0.25) is 4.79 Å². The molecule has 192 valence electrons. The standard InChI is InChI=1S/C27H27F2N5O2S/c1-16(28)26(35)31-10-9-30-25-21-13-22(29)20(18-6-3-7-24-19(18)8-12-37-24)14-23(21)32-27(33-25)36-15-17-5-4-11-34(17)2/h3,6-8,12-14,17H,1,4-5,9-11,15H2,2H3,(H,31,35)(H,30,32,33)/t17-/m0/s1. The van der Waals surface area contributed by atoms with Crippen molar-refractivity contribution in [1.29, 1.82) is 0 Å². The summed E-state index contributed by atoms with van der Waals surface area (Å²) < 4.78 is 35.5. The fourth-order valence-corrected chi connectivity index (χ4v) is 5.39. The van der Waals surface area contributed by atoms with Gasteiger partial charge in [0.15, 0.2) is 5.83 Å². The van der Waals surface area contributed by atoms with Gasteiger partial charge in [0, 0.05) is 40.2 Å². The zero-order chi connectivity index (χ0) is 25.9. The second-order valence-electron chi connectivity index (χ2n) is 9.02. The lowest BCUT2D eigenvalue weighted by Gasteiger charge is -2.19. The van der Waals surface area contributed by atoms with Gasteiger partial charge in [-0.05, 0) is 61.6 Å². The van der Waals surface area contributed by atoms with Crippen LogP contribution in [0.1, 0.15) is 12.8 Å². The molecule has 0 radical (unpaired) electrons. The number of nitrogens with zero attached hydrogens (tertiary/aromatic N) is 3. The summed E-state index contributed by atoms with van der Waals surface area (Å²) >= 11 is 1.60. The molecule has 10 heteroatoms. The first kappa shape index (κ1) is 25.0. The molecule has 2 aromatic heterocycles. The van der Waals surface area contributed by atoms with Crippen LogP contribution in [-0.4, -0.2) is 60.1 Å². The Morgan fingerprint density at radius 1 is 1.22 bits per heavy atom. The molecule has 1 saturated heterocycles. The van der Waals surface area contributed by atoms with Gasteiger partial charge in [-0.25, -0.2) is 8.78 Å². The Kier molecular flexibility index (Phi) is 7.29. The number of anilines is 1. The van der Waals surface area contributed by atoms with Gasteiger partial charge in [-0.2, -0.15) is 9.97 Å². The van der Waals surface area contributed by atoms with E-state index in [0.717, 1.165) is 35.0 Å². The number of thiophene rings is 1. The quantitative estimate of drug-likeness (QED) is 0.234. The number of ether oxygens (including phenoxy) is 1. The number of carbonyl (C=O) groups is 1. The molecule has 1 atom stereocenters. The molecule has 0 bridgehead atoms. The fourth-order valence-electron chi connectivity index (χ4n) is 4.58. The van der Waals surface area contributed by atoms with Crippen molar-refractivity contribution in [2.75, 3.05) is 38.6 Å². The van der Waals surface area contributed by atoms with E-state index in [4.69, 9.17) is 4.74 Å². The fraction of sp³-hybridized carbons (Fsp3) is 0.296. The van der Waals surface area contributed by atoms with Gasteiger partial charge >= 0.3 is 6.01 Å². The Bertz CT molecular complexity index is 1470. The summed E-state index contributed by atoms with van der Waals surface area (Å²) in [6.45, 7) is 4.80. The number of halogens is 2. The van der Waals surface area contributed by atoms with E-state index in [0.29, 0.717) is 28.9 Å². The number of benzene rings is 2. The number of hydrogen-bond donors (Lipinski definition) is 2. The van der Waals surface area contributed by atoms with Gasteiger partial charge in [0.1, 0.15) is 18.2 Å². The normalized spacial score (nSPS) is 15.8. The van der Waals surface area contributed by atoms with Crippen LogP contribution in [-0.2, 0) is 4.79 Å². The van der Waals surface area contributed by atoms with Crippen molar-refractivity contribution in [2.45, 2.75) is 18.9 Å². The number of carbonyl (C=O) groups excluding carboxylic acids is 1. The first-order valence-corrected chi connectivity index (χ1v) is 13.0. The number of hydrogen-bond acceptors (Lipinski definition) is 7. The number of likely N-dealkylation sites (N-methyl/N-ethyl adjacent to an activating group) is 1. The number of rotatable bonds is 9. The van der Waals surface area contributed by atoms with E-state index < -0.39 is 17.6 Å². The number of aromatic nitrogens is 2. The maximum atomic E-state index is 15.5. The molecule has 1 aliphatic rings. The predicted molar refractivity (Wildman–Crippen MR) is 143 cm³/mol. The van der Waals surface area contributed by atoms with Gasteiger partial charge in [-0.1, -0.05) is 18.7 Å². The SMILES string of the molecule is C=C(F)C(=O)NCCNc1nc(OC[C@@H]2CCCN2C)nc2cc(-c3cccc4sccc34)c(F)cc12. The summed E-state index contributed by atoms with van der Waals surface area (Å²) in [5, 5.41) is 8.95. The average Bonchev–Trinajstić information content (AvgIpc) is 3.53. The molecule has 0 spiro atoms. The molecule has 2 aromatic carbocycles. The lowest BCUT2D eigenvalue weighted by molar-refractivity contribution is -0.118. The van der Waals surface area contributed by atoms with Crippen molar-refractivity contribution in [3.8, 4) is 17.1 Å². The average molecular weight is 524 g/mol. The zero-order valence-electron chi connectivity index (χ0n) is 20.4. The van der Waals surface area contributed by atoms with E-state index >= 15 is 4.39 Å². The molecule has 0 unspecified atom stereocenters. The highest BCUT2D eigenvalue weighted by Crippen LogP contribution is 2.36.